The quantitative estimate of drug-likeness (QED) is 0.513. The Labute approximate surface area is 107 Å². The van der Waals surface area contributed by atoms with Crippen molar-refractivity contribution in [1.29, 1.82) is 0 Å². The first-order valence-corrected chi connectivity index (χ1v) is 5.34. The number of halogens is 3. The van der Waals surface area contributed by atoms with Crippen LogP contribution in [0.1, 0.15) is 12.0 Å². The van der Waals surface area contributed by atoms with E-state index < -0.39 is 24.8 Å². The van der Waals surface area contributed by atoms with Crippen molar-refractivity contribution in [1.82, 2.24) is 5.48 Å². The number of hydroxylamine groups is 1. The normalized spacial score (nSPS) is 11.2. The van der Waals surface area contributed by atoms with Gasteiger partial charge in [0.2, 0.25) is 5.91 Å². The second-order valence-electron chi connectivity index (χ2n) is 3.66. The predicted octanol–water partition coefficient (Wildman–Crippen LogP) is -0.210. The van der Waals surface area contributed by atoms with Crippen molar-refractivity contribution < 1.29 is 27.7 Å². The Morgan fingerprint density at radius 1 is 1.47 bits per heavy atom. The minimum atomic E-state index is -4.52. The molecule has 0 bridgehead atoms. The van der Waals surface area contributed by atoms with Gasteiger partial charge in [-0.1, -0.05) is 24.3 Å². The van der Waals surface area contributed by atoms with Crippen molar-refractivity contribution in [3.05, 3.63) is 29.8 Å². The standard InChI is InChI=1S/C10H12BF3N2O3/c12-10(13,14)7-2-1-3-8(6-7)11(18)19-16-9(17)4-5-15/h1-3,6,18H,4-5,15H2,(H,16,17). The SMILES string of the molecule is NCCC(=O)NOB(O)c1cccc(C(F)(F)F)c1. The van der Waals surface area contributed by atoms with E-state index in [1.807, 2.05) is 5.48 Å². The van der Waals surface area contributed by atoms with E-state index in [0.717, 1.165) is 18.2 Å². The molecule has 1 aromatic rings. The minimum absolute atomic E-state index is 0.0185. The topological polar surface area (TPSA) is 84.6 Å². The predicted molar refractivity (Wildman–Crippen MR) is 61.9 cm³/mol. The second kappa shape index (κ2) is 6.55. The Hall–Kier alpha value is -1.58. The Balaban J connectivity index is 2.67. The molecule has 0 aromatic heterocycles. The van der Waals surface area contributed by atoms with Crippen LogP contribution in [0, 0.1) is 0 Å². The van der Waals surface area contributed by atoms with Crippen molar-refractivity contribution in [2.45, 2.75) is 12.6 Å². The lowest BCUT2D eigenvalue weighted by atomic mass is 9.79. The number of benzene rings is 1. The van der Waals surface area contributed by atoms with Gasteiger partial charge in [0.25, 0.3) is 0 Å². The smallest absolute Gasteiger partial charge is 0.422 e. The summed E-state index contributed by atoms with van der Waals surface area (Å²) < 4.78 is 41.9. The molecule has 4 N–H and O–H groups in total. The van der Waals surface area contributed by atoms with Crippen LogP contribution in [-0.4, -0.2) is 24.6 Å². The molecule has 0 fully saturated rings. The van der Waals surface area contributed by atoms with E-state index in [0.29, 0.717) is 0 Å². The molecule has 0 aliphatic rings. The Kier molecular flexibility index (Phi) is 5.34. The highest BCUT2D eigenvalue weighted by Crippen LogP contribution is 2.28. The zero-order valence-electron chi connectivity index (χ0n) is 9.78. The number of hydrogen-bond acceptors (Lipinski definition) is 4. The zero-order valence-corrected chi connectivity index (χ0v) is 9.78. The maximum Gasteiger partial charge on any atom is 0.514 e. The average molecular weight is 276 g/mol. The van der Waals surface area contributed by atoms with Crippen LogP contribution in [-0.2, 0) is 15.7 Å². The molecule has 0 saturated carbocycles. The number of alkyl halides is 3. The van der Waals surface area contributed by atoms with E-state index in [2.05, 4.69) is 4.76 Å². The number of nitrogens with one attached hydrogen (secondary N) is 1. The number of rotatable bonds is 5. The van der Waals surface area contributed by atoms with Gasteiger partial charge < -0.3 is 10.8 Å². The Bertz CT molecular complexity index is 442. The van der Waals surface area contributed by atoms with Crippen LogP contribution in [0.4, 0.5) is 13.2 Å². The number of amides is 1. The van der Waals surface area contributed by atoms with E-state index in [4.69, 9.17) is 5.73 Å². The number of carbonyl (C=O) groups excluding carboxylic acids is 1. The van der Waals surface area contributed by atoms with Gasteiger partial charge in [-0.25, -0.2) is 5.48 Å². The van der Waals surface area contributed by atoms with Gasteiger partial charge in [-0.3, -0.25) is 9.55 Å². The van der Waals surface area contributed by atoms with Gasteiger partial charge in [-0.05, 0) is 5.46 Å². The van der Waals surface area contributed by atoms with Crippen LogP contribution in [0.25, 0.3) is 0 Å². The lowest BCUT2D eigenvalue weighted by Gasteiger charge is -2.11. The molecular formula is C10H12BF3N2O3. The van der Waals surface area contributed by atoms with E-state index in [9.17, 15) is 23.0 Å². The van der Waals surface area contributed by atoms with Crippen molar-refractivity contribution >= 4 is 18.5 Å². The molecular weight excluding hydrogens is 264 g/mol. The van der Waals surface area contributed by atoms with E-state index in [1.165, 1.54) is 6.07 Å². The van der Waals surface area contributed by atoms with Gasteiger partial charge in [-0.2, -0.15) is 13.2 Å². The highest BCUT2D eigenvalue weighted by Gasteiger charge is 2.31. The highest BCUT2D eigenvalue weighted by atomic mass is 19.4. The molecule has 0 unspecified atom stereocenters. The van der Waals surface area contributed by atoms with Crippen molar-refractivity contribution in [2.75, 3.05) is 6.54 Å². The van der Waals surface area contributed by atoms with Crippen LogP contribution in [0.5, 0.6) is 0 Å². The summed E-state index contributed by atoms with van der Waals surface area (Å²) in [6.45, 7) is 0.0921. The summed E-state index contributed by atoms with van der Waals surface area (Å²) in [5.74, 6) is -0.575. The monoisotopic (exact) mass is 276 g/mol. The third-order valence-electron chi connectivity index (χ3n) is 2.15. The Morgan fingerprint density at radius 2 is 2.16 bits per heavy atom. The van der Waals surface area contributed by atoms with Gasteiger partial charge in [0.1, 0.15) is 0 Å². The molecule has 0 saturated heterocycles. The van der Waals surface area contributed by atoms with E-state index in [1.54, 1.807) is 0 Å². The van der Waals surface area contributed by atoms with Gasteiger partial charge in [0.05, 0.1) is 5.56 Å². The molecule has 9 heteroatoms. The fourth-order valence-electron chi connectivity index (χ4n) is 1.24. The summed E-state index contributed by atoms with van der Waals surface area (Å²) >= 11 is 0. The van der Waals surface area contributed by atoms with Crippen LogP contribution in [0.15, 0.2) is 24.3 Å². The molecule has 0 radical (unpaired) electrons. The van der Waals surface area contributed by atoms with Crippen LogP contribution in [0.3, 0.4) is 0 Å². The molecule has 19 heavy (non-hydrogen) atoms. The molecule has 0 aliphatic heterocycles. The molecule has 1 rings (SSSR count). The fourth-order valence-corrected chi connectivity index (χ4v) is 1.24. The molecule has 0 aliphatic carbocycles. The first-order chi connectivity index (χ1) is 8.84. The van der Waals surface area contributed by atoms with Crippen LogP contribution < -0.4 is 16.7 Å². The first-order valence-electron chi connectivity index (χ1n) is 5.34. The van der Waals surface area contributed by atoms with Crippen LogP contribution in [0.2, 0.25) is 0 Å². The number of hydrogen-bond donors (Lipinski definition) is 3. The maximum absolute atomic E-state index is 12.4. The van der Waals surface area contributed by atoms with E-state index >= 15 is 0 Å². The summed E-state index contributed by atoms with van der Waals surface area (Å²) in [6.07, 6.45) is -4.53. The molecule has 1 amide bonds. The maximum atomic E-state index is 12.4. The third-order valence-corrected chi connectivity index (χ3v) is 2.15. The molecule has 1 aromatic carbocycles. The van der Waals surface area contributed by atoms with Gasteiger partial charge >= 0.3 is 13.3 Å². The second-order valence-corrected chi connectivity index (χ2v) is 3.66. The summed E-state index contributed by atoms with van der Waals surface area (Å²) in [7, 11) is -1.69. The summed E-state index contributed by atoms with van der Waals surface area (Å²) in [5, 5.41) is 9.49. The average Bonchev–Trinajstić information content (AvgIpc) is 2.35. The summed E-state index contributed by atoms with van der Waals surface area (Å²) in [6, 6.07) is 3.98. The van der Waals surface area contributed by atoms with Crippen molar-refractivity contribution in [3.8, 4) is 0 Å². The third kappa shape index (κ3) is 4.89. The Morgan fingerprint density at radius 3 is 2.74 bits per heavy atom. The number of carbonyl (C=O) groups is 1. The summed E-state index contributed by atoms with van der Waals surface area (Å²) in [5.41, 5.74) is 5.96. The number of nitrogens with two attached hydrogens (primary N) is 1. The lowest BCUT2D eigenvalue weighted by Crippen LogP contribution is -2.41. The largest absolute Gasteiger partial charge is 0.514 e. The van der Waals surface area contributed by atoms with E-state index in [-0.39, 0.29) is 18.4 Å². The molecule has 5 nitrogen and oxygen atoms in total. The lowest BCUT2D eigenvalue weighted by molar-refractivity contribution is -0.137. The zero-order chi connectivity index (χ0) is 14.5. The van der Waals surface area contributed by atoms with Gasteiger partial charge in [-0.15, -0.1) is 0 Å². The summed E-state index contributed by atoms with van der Waals surface area (Å²) in [4.78, 5) is 11.0. The van der Waals surface area contributed by atoms with Crippen LogP contribution >= 0.6 is 0 Å². The fraction of sp³-hybridized carbons (Fsp3) is 0.300. The molecule has 0 heterocycles. The molecule has 0 spiro atoms. The van der Waals surface area contributed by atoms with Crippen molar-refractivity contribution in [2.24, 2.45) is 5.73 Å². The van der Waals surface area contributed by atoms with Gasteiger partial charge in [0.15, 0.2) is 0 Å². The molecule has 104 valence electrons. The first kappa shape index (κ1) is 15.5. The highest BCUT2D eigenvalue weighted by molar-refractivity contribution is 6.59. The minimum Gasteiger partial charge on any atom is -0.422 e. The van der Waals surface area contributed by atoms with Gasteiger partial charge in [0, 0.05) is 13.0 Å². The molecule has 0 atom stereocenters. The van der Waals surface area contributed by atoms with Crippen molar-refractivity contribution in [3.63, 3.8) is 0 Å².